The lowest BCUT2D eigenvalue weighted by Crippen LogP contribution is -2.02. The third-order valence-corrected chi connectivity index (χ3v) is 3.98. The number of hydrogen-bond donors (Lipinski definition) is 1. The van der Waals surface area contributed by atoms with Crippen LogP contribution >= 0.6 is 11.3 Å². The highest BCUT2D eigenvalue weighted by Gasteiger charge is 2.05. The van der Waals surface area contributed by atoms with Gasteiger partial charge in [0.1, 0.15) is 0 Å². The van der Waals surface area contributed by atoms with Crippen LogP contribution < -0.4 is 5.73 Å². The van der Waals surface area contributed by atoms with E-state index >= 15 is 0 Å². The molecule has 2 nitrogen and oxygen atoms in total. The van der Waals surface area contributed by atoms with E-state index in [1.54, 1.807) is 11.3 Å². The molecule has 0 saturated carbocycles. The van der Waals surface area contributed by atoms with Crippen molar-refractivity contribution in [3.05, 3.63) is 53.5 Å². The second kappa shape index (κ2) is 4.88. The van der Waals surface area contributed by atoms with Crippen LogP contribution in [0, 0.1) is 0 Å². The van der Waals surface area contributed by atoms with Crippen LogP contribution in [0.4, 0.5) is 0 Å². The molecule has 3 rings (SSSR count). The lowest BCUT2D eigenvalue weighted by molar-refractivity contribution is 0.969. The van der Waals surface area contributed by atoms with Crippen molar-refractivity contribution in [1.82, 2.24) is 4.98 Å². The summed E-state index contributed by atoms with van der Waals surface area (Å²) in [6.07, 6.45) is 2.81. The molecule has 0 fully saturated rings. The maximum atomic E-state index is 5.56. The smallest absolute Gasteiger partial charge is 0.0815 e. The normalized spacial score (nSPS) is 10.9. The Bertz CT molecular complexity index is 656. The number of aromatic nitrogens is 1. The highest BCUT2D eigenvalue weighted by atomic mass is 32.1. The summed E-state index contributed by atoms with van der Waals surface area (Å²) < 4.78 is 1.25. The van der Waals surface area contributed by atoms with Crippen LogP contribution in [0.15, 0.2) is 48.0 Å². The van der Waals surface area contributed by atoms with Gasteiger partial charge in [-0.05, 0) is 41.6 Å². The first kappa shape index (κ1) is 11.4. The van der Waals surface area contributed by atoms with Crippen LogP contribution in [0.3, 0.4) is 0 Å². The van der Waals surface area contributed by atoms with Crippen LogP contribution in [-0.2, 0) is 6.42 Å². The second-order valence-electron chi connectivity index (χ2n) is 4.23. The summed E-state index contributed by atoms with van der Waals surface area (Å²) in [7, 11) is 0. The molecule has 3 heteroatoms. The molecule has 1 aromatic carbocycles. The first-order valence-electron chi connectivity index (χ1n) is 6.00. The van der Waals surface area contributed by atoms with Gasteiger partial charge in [0.25, 0.3) is 0 Å². The Morgan fingerprint density at radius 3 is 2.67 bits per heavy atom. The zero-order valence-corrected chi connectivity index (χ0v) is 10.8. The summed E-state index contributed by atoms with van der Waals surface area (Å²) in [6, 6.07) is 12.8. The summed E-state index contributed by atoms with van der Waals surface area (Å²) in [5.41, 5.74) is 10.4. The van der Waals surface area contributed by atoms with Gasteiger partial charge in [-0.2, -0.15) is 0 Å². The molecule has 0 atom stereocenters. The summed E-state index contributed by atoms with van der Waals surface area (Å²) in [5.74, 6) is 0. The van der Waals surface area contributed by atoms with Gasteiger partial charge >= 0.3 is 0 Å². The largest absolute Gasteiger partial charge is 0.330 e. The molecule has 0 radical (unpaired) electrons. The van der Waals surface area contributed by atoms with E-state index in [0.29, 0.717) is 6.54 Å². The maximum Gasteiger partial charge on any atom is 0.0815 e. The zero-order chi connectivity index (χ0) is 12.4. The van der Waals surface area contributed by atoms with Crippen LogP contribution in [-0.4, -0.2) is 11.5 Å². The second-order valence-corrected chi connectivity index (χ2v) is 5.15. The predicted molar refractivity (Wildman–Crippen MR) is 77.8 cm³/mol. The van der Waals surface area contributed by atoms with Crippen molar-refractivity contribution in [2.45, 2.75) is 6.42 Å². The molecule has 0 spiro atoms. The van der Waals surface area contributed by atoms with Crippen molar-refractivity contribution < 1.29 is 0 Å². The van der Waals surface area contributed by atoms with Crippen molar-refractivity contribution in [3.8, 4) is 11.1 Å². The molecule has 2 aromatic heterocycles. The predicted octanol–water partition coefficient (Wildman–Crippen LogP) is 3.46. The van der Waals surface area contributed by atoms with Crippen molar-refractivity contribution >= 4 is 21.6 Å². The van der Waals surface area contributed by atoms with Crippen molar-refractivity contribution in [3.63, 3.8) is 0 Å². The van der Waals surface area contributed by atoms with Gasteiger partial charge in [-0.25, -0.2) is 0 Å². The van der Waals surface area contributed by atoms with E-state index < -0.39 is 0 Å². The molecule has 2 heterocycles. The molecule has 18 heavy (non-hydrogen) atoms. The fourth-order valence-electron chi connectivity index (χ4n) is 2.12. The molecular weight excluding hydrogens is 240 g/mol. The Balaban J connectivity index is 2.06. The number of nitrogens with zero attached hydrogens (tertiary/aromatic N) is 1. The van der Waals surface area contributed by atoms with E-state index in [9.17, 15) is 0 Å². The van der Waals surface area contributed by atoms with Gasteiger partial charge in [0.05, 0.1) is 10.2 Å². The number of thiophene rings is 1. The molecule has 0 aliphatic rings. The Morgan fingerprint density at radius 1 is 1.06 bits per heavy atom. The maximum absolute atomic E-state index is 5.56. The summed E-state index contributed by atoms with van der Waals surface area (Å²) in [6.45, 7) is 0.698. The third-order valence-electron chi connectivity index (χ3n) is 3.04. The van der Waals surface area contributed by atoms with E-state index in [1.165, 1.54) is 21.4 Å². The lowest BCUT2D eigenvalue weighted by Gasteiger charge is -2.04. The van der Waals surface area contributed by atoms with Gasteiger partial charge in [0.2, 0.25) is 0 Å². The Labute approximate surface area is 110 Å². The number of fused-ring (bicyclic) bond motifs is 1. The summed E-state index contributed by atoms with van der Waals surface area (Å²) >= 11 is 1.74. The van der Waals surface area contributed by atoms with E-state index in [-0.39, 0.29) is 0 Å². The molecule has 0 aliphatic heterocycles. The first-order valence-corrected chi connectivity index (χ1v) is 6.88. The number of benzene rings is 1. The van der Waals surface area contributed by atoms with Crippen LogP contribution in [0.25, 0.3) is 21.3 Å². The SMILES string of the molecule is NCCc1ccc(-c2ccnc3ccsc23)cc1. The van der Waals surface area contributed by atoms with Gasteiger partial charge in [0, 0.05) is 11.8 Å². The third kappa shape index (κ3) is 2.03. The number of pyridine rings is 1. The van der Waals surface area contributed by atoms with Crippen LogP contribution in [0.5, 0.6) is 0 Å². The van der Waals surface area contributed by atoms with E-state index in [4.69, 9.17) is 5.73 Å². The fraction of sp³-hybridized carbons (Fsp3) is 0.133. The first-order chi connectivity index (χ1) is 8.88. The quantitative estimate of drug-likeness (QED) is 0.777. The average Bonchev–Trinajstić information content (AvgIpc) is 2.88. The van der Waals surface area contributed by atoms with Gasteiger partial charge in [-0.3, -0.25) is 4.98 Å². The van der Waals surface area contributed by atoms with Crippen molar-refractivity contribution in [2.75, 3.05) is 6.54 Å². The minimum Gasteiger partial charge on any atom is -0.330 e. The molecule has 0 unspecified atom stereocenters. The molecule has 0 saturated heterocycles. The Morgan fingerprint density at radius 2 is 1.89 bits per heavy atom. The highest BCUT2D eigenvalue weighted by Crippen LogP contribution is 2.31. The molecular formula is C15H14N2S. The Kier molecular flexibility index (Phi) is 3.09. The van der Waals surface area contributed by atoms with Gasteiger partial charge in [-0.15, -0.1) is 11.3 Å². The molecule has 0 aliphatic carbocycles. The van der Waals surface area contributed by atoms with Gasteiger partial charge in [-0.1, -0.05) is 24.3 Å². The van der Waals surface area contributed by atoms with E-state index in [1.807, 2.05) is 6.20 Å². The number of nitrogens with two attached hydrogens (primary N) is 1. The number of rotatable bonds is 3. The van der Waals surface area contributed by atoms with Crippen molar-refractivity contribution in [2.24, 2.45) is 5.73 Å². The van der Waals surface area contributed by atoms with Crippen molar-refractivity contribution in [1.29, 1.82) is 0 Å². The summed E-state index contributed by atoms with van der Waals surface area (Å²) in [4.78, 5) is 4.37. The minimum atomic E-state index is 0.698. The highest BCUT2D eigenvalue weighted by molar-refractivity contribution is 7.17. The van der Waals surface area contributed by atoms with Crippen LogP contribution in [0.1, 0.15) is 5.56 Å². The molecule has 90 valence electrons. The Hall–Kier alpha value is -1.71. The van der Waals surface area contributed by atoms with E-state index in [0.717, 1.165) is 11.9 Å². The summed E-state index contributed by atoms with van der Waals surface area (Å²) in [5, 5.41) is 2.09. The number of hydrogen-bond acceptors (Lipinski definition) is 3. The standard InChI is InChI=1S/C15H14N2S/c16-8-5-11-1-3-12(4-2-11)13-6-9-17-14-7-10-18-15(13)14/h1-4,6-7,9-10H,5,8,16H2. The monoisotopic (exact) mass is 254 g/mol. The lowest BCUT2D eigenvalue weighted by atomic mass is 10.0. The van der Waals surface area contributed by atoms with Crippen LogP contribution in [0.2, 0.25) is 0 Å². The molecule has 2 N–H and O–H groups in total. The van der Waals surface area contributed by atoms with E-state index in [2.05, 4.69) is 46.8 Å². The molecule has 3 aromatic rings. The topological polar surface area (TPSA) is 38.9 Å². The average molecular weight is 254 g/mol. The van der Waals surface area contributed by atoms with Gasteiger partial charge < -0.3 is 5.73 Å². The zero-order valence-electron chi connectivity index (χ0n) is 9.97. The fourth-order valence-corrected chi connectivity index (χ4v) is 3.01. The molecule has 0 amide bonds. The molecule has 0 bridgehead atoms. The minimum absolute atomic E-state index is 0.698. The van der Waals surface area contributed by atoms with Gasteiger partial charge in [0.15, 0.2) is 0 Å².